The zero-order valence-electron chi connectivity index (χ0n) is 6.00. The third-order valence-electron chi connectivity index (χ3n) is 1.23. The van der Waals surface area contributed by atoms with E-state index in [1.165, 1.54) is 0 Å². The topological polar surface area (TPSA) is 25.8 Å². The van der Waals surface area contributed by atoms with Crippen LogP contribution in [0.25, 0.3) is 0 Å². The molecule has 0 bridgehead atoms. The van der Waals surface area contributed by atoms with Crippen molar-refractivity contribution < 1.29 is 0 Å². The second-order valence-corrected chi connectivity index (χ2v) is 2.81. The fraction of sp³-hybridized carbons (Fsp3) is 0.429. The maximum absolute atomic E-state index is 5.54. The van der Waals surface area contributed by atoms with Crippen LogP contribution >= 0.6 is 11.6 Å². The Kier molecular flexibility index (Phi) is 2.22. The van der Waals surface area contributed by atoms with Crippen molar-refractivity contribution in [1.29, 1.82) is 0 Å². The first-order valence-electron chi connectivity index (χ1n) is 3.17. The molecule has 1 aromatic heterocycles. The molecule has 0 amide bonds. The molecule has 0 unspecified atom stereocenters. The maximum Gasteiger partial charge on any atom is 0.147 e. The molecule has 0 aliphatic heterocycles. The van der Waals surface area contributed by atoms with Crippen molar-refractivity contribution >= 4 is 11.6 Å². The van der Waals surface area contributed by atoms with Crippen LogP contribution in [0, 0.1) is 0 Å². The minimum Gasteiger partial charge on any atom is -0.256 e. The lowest BCUT2D eigenvalue weighted by Gasteiger charge is -2.00. The molecule has 1 aromatic rings. The highest BCUT2D eigenvalue weighted by Gasteiger charge is 1.99. The summed E-state index contributed by atoms with van der Waals surface area (Å²) in [6.07, 6.45) is 3.27. The van der Waals surface area contributed by atoms with Gasteiger partial charge in [0.15, 0.2) is 0 Å². The Bertz CT molecular complexity index is 205. The molecule has 0 spiro atoms. The summed E-state index contributed by atoms with van der Waals surface area (Å²) < 4.78 is 0. The van der Waals surface area contributed by atoms with Crippen LogP contribution in [0.15, 0.2) is 12.4 Å². The Hall–Kier alpha value is -0.630. The highest BCUT2D eigenvalue weighted by molar-refractivity contribution is 6.29. The van der Waals surface area contributed by atoms with E-state index in [2.05, 4.69) is 23.8 Å². The predicted molar refractivity (Wildman–Crippen MR) is 41.1 cm³/mol. The van der Waals surface area contributed by atoms with Gasteiger partial charge in [-0.2, -0.15) is 0 Å². The van der Waals surface area contributed by atoms with E-state index in [0.717, 1.165) is 5.69 Å². The van der Waals surface area contributed by atoms with Crippen LogP contribution < -0.4 is 0 Å². The molecule has 2 nitrogen and oxygen atoms in total. The number of rotatable bonds is 1. The van der Waals surface area contributed by atoms with Crippen molar-refractivity contribution in [1.82, 2.24) is 9.97 Å². The lowest BCUT2D eigenvalue weighted by Crippen LogP contribution is -1.92. The van der Waals surface area contributed by atoms with Gasteiger partial charge >= 0.3 is 0 Å². The molecule has 0 fully saturated rings. The summed E-state index contributed by atoms with van der Waals surface area (Å²) in [5, 5.41) is 0.449. The SMILES string of the molecule is CC(C)c1cnc(Cl)cn1. The Balaban J connectivity index is 2.89. The van der Waals surface area contributed by atoms with E-state index in [4.69, 9.17) is 11.6 Å². The van der Waals surface area contributed by atoms with Gasteiger partial charge in [0, 0.05) is 0 Å². The average Bonchev–Trinajstić information content (AvgIpc) is 1.88. The van der Waals surface area contributed by atoms with Crippen LogP contribution in [0.1, 0.15) is 25.5 Å². The Morgan fingerprint density at radius 1 is 1.30 bits per heavy atom. The van der Waals surface area contributed by atoms with Crippen molar-refractivity contribution in [2.24, 2.45) is 0 Å². The second-order valence-electron chi connectivity index (χ2n) is 2.42. The van der Waals surface area contributed by atoms with Crippen LogP contribution in [0.3, 0.4) is 0 Å². The van der Waals surface area contributed by atoms with Gasteiger partial charge in [0.2, 0.25) is 0 Å². The van der Waals surface area contributed by atoms with Gasteiger partial charge < -0.3 is 0 Å². The first-order valence-corrected chi connectivity index (χ1v) is 3.55. The molecular formula is C7H9ClN2. The van der Waals surface area contributed by atoms with Crippen LogP contribution in [-0.2, 0) is 0 Å². The average molecular weight is 157 g/mol. The molecule has 0 radical (unpaired) electrons. The van der Waals surface area contributed by atoms with E-state index >= 15 is 0 Å². The molecule has 3 heteroatoms. The summed E-state index contributed by atoms with van der Waals surface area (Å²) in [4.78, 5) is 7.99. The molecule has 54 valence electrons. The van der Waals surface area contributed by atoms with E-state index in [1.54, 1.807) is 12.4 Å². The molecule has 10 heavy (non-hydrogen) atoms. The summed E-state index contributed by atoms with van der Waals surface area (Å²) in [6.45, 7) is 4.13. The first kappa shape index (κ1) is 7.48. The second kappa shape index (κ2) is 2.97. The largest absolute Gasteiger partial charge is 0.256 e. The van der Waals surface area contributed by atoms with E-state index in [9.17, 15) is 0 Å². The van der Waals surface area contributed by atoms with Crippen LogP contribution in [0.4, 0.5) is 0 Å². The van der Waals surface area contributed by atoms with E-state index < -0.39 is 0 Å². The smallest absolute Gasteiger partial charge is 0.147 e. The number of hydrogen-bond acceptors (Lipinski definition) is 2. The quantitative estimate of drug-likeness (QED) is 0.624. The van der Waals surface area contributed by atoms with Crippen molar-refractivity contribution in [2.75, 3.05) is 0 Å². The van der Waals surface area contributed by atoms with Gasteiger partial charge in [-0.05, 0) is 5.92 Å². The lowest BCUT2D eigenvalue weighted by atomic mass is 10.1. The van der Waals surface area contributed by atoms with E-state index in [1.807, 2.05) is 0 Å². The summed E-state index contributed by atoms with van der Waals surface area (Å²) in [5.41, 5.74) is 0.976. The van der Waals surface area contributed by atoms with Crippen molar-refractivity contribution in [3.05, 3.63) is 23.2 Å². The first-order chi connectivity index (χ1) is 4.70. The highest BCUT2D eigenvalue weighted by atomic mass is 35.5. The molecule has 0 aliphatic carbocycles. The standard InChI is InChI=1S/C7H9ClN2/c1-5(2)6-3-10-7(8)4-9-6/h3-5H,1-2H3. The predicted octanol–water partition coefficient (Wildman–Crippen LogP) is 2.25. The minimum atomic E-state index is 0.421. The van der Waals surface area contributed by atoms with Gasteiger partial charge in [-0.1, -0.05) is 25.4 Å². The van der Waals surface area contributed by atoms with E-state index in [0.29, 0.717) is 11.1 Å². The summed E-state index contributed by atoms with van der Waals surface area (Å²) >= 11 is 5.54. The molecule has 0 N–H and O–H groups in total. The number of hydrogen-bond donors (Lipinski definition) is 0. The summed E-state index contributed by atoms with van der Waals surface area (Å²) in [5.74, 6) is 0.421. The highest BCUT2D eigenvalue weighted by Crippen LogP contribution is 2.10. The van der Waals surface area contributed by atoms with Crippen molar-refractivity contribution in [2.45, 2.75) is 19.8 Å². The number of aromatic nitrogens is 2. The summed E-state index contributed by atoms with van der Waals surface area (Å²) in [6, 6.07) is 0. The Labute approximate surface area is 65.3 Å². The minimum absolute atomic E-state index is 0.421. The molecule has 1 rings (SSSR count). The van der Waals surface area contributed by atoms with Crippen molar-refractivity contribution in [3.8, 4) is 0 Å². The van der Waals surface area contributed by atoms with Crippen LogP contribution in [0.2, 0.25) is 5.15 Å². The zero-order chi connectivity index (χ0) is 7.56. The number of halogens is 1. The normalized spacial score (nSPS) is 10.4. The third-order valence-corrected chi connectivity index (χ3v) is 1.43. The fourth-order valence-electron chi connectivity index (χ4n) is 0.620. The summed E-state index contributed by atoms with van der Waals surface area (Å²) in [7, 11) is 0. The van der Waals surface area contributed by atoms with Gasteiger partial charge in [-0.3, -0.25) is 4.98 Å². The van der Waals surface area contributed by atoms with Gasteiger partial charge in [0.25, 0.3) is 0 Å². The van der Waals surface area contributed by atoms with E-state index in [-0.39, 0.29) is 0 Å². The third kappa shape index (κ3) is 1.67. The maximum atomic E-state index is 5.54. The molecule has 0 aliphatic rings. The van der Waals surface area contributed by atoms with Gasteiger partial charge in [-0.25, -0.2) is 4.98 Å². The Morgan fingerprint density at radius 2 is 2.00 bits per heavy atom. The number of nitrogens with zero attached hydrogens (tertiary/aromatic N) is 2. The van der Waals surface area contributed by atoms with Gasteiger partial charge in [0.05, 0.1) is 18.1 Å². The zero-order valence-corrected chi connectivity index (χ0v) is 6.76. The van der Waals surface area contributed by atoms with Crippen molar-refractivity contribution in [3.63, 3.8) is 0 Å². The van der Waals surface area contributed by atoms with Crippen LogP contribution in [-0.4, -0.2) is 9.97 Å². The fourth-order valence-corrected chi connectivity index (χ4v) is 0.718. The molecule has 0 atom stereocenters. The lowest BCUT2D eigenvalue weighted by molar-refractivity contribution is 0.812. The molecular weight excluding hydrogens is 148 g/mol. The van der Waals surface area contributed by atoms with Gasteiger partial charge in [0.1, 0.15) is 5.15 Å². The van der Waals surface area contributed by atoms with Crippen LogP contribution in [0.5, 0.6) is 0 Å². The molecule has 0 saturated carbocycles. The molecule has 0 aromatic carbocycles. The molecule has 0 saturated heterocycles. The molecule has 1 heterocycles. The Morgan fingerprint density at radius 3 is 2.40 bits per heavy atom. The monoisotopic (exact) mass is 156 g/mol. The van der Waals surface area contributed by atoms with Gasteiger partial charge in [-0.15, -0.1) is 0 Å².